The van der Waals surface area contributed by atoms with Crippen molar-refractivity contribution in [1.82, 2.24) is 4.98 Å². The van der Waals surface area contributed by atoms with E-state index >= 15 is 0 Å². The Morgan fingerprint density at radius 2 is 1.89 bits per heavy atom. The predicted molar refractivity (Wildman–Crippen MR) is 105 cm³/mol. The minimum absolute atomic E-state index is 0.164. The van der Waals surface area contributed by atoms with E-state index in [4.69, 9.17) is 4.74 Å². The highest BCUT2D eigenvalue weighted by molar-refractivity contribution is 5.96. The summed E-state index contributed by atoms with van der Waals surface area (Å²) in [4.78, 5) is 29.6. The van der Waals surface area contributed by atoms with Crippen molar-refractivity contribution >= 4 is 28.5 Å². The van der Waals surface area contributed by atoms with E-state index in [0.717, 1.165) is 35.0 Å². The molecule has 0 saturated carbocycles. The summed E-state index contributed by atoms with van der Waals surface area (Å²) in [7, 11) is 0. The first kappa shape index (κ1) is 17.3. The number of nitrogens with one attached hydrogen (secondary N) is 1. The maximum atomic E-state index is 12.5. The van der Waals surface area contributed by atoms with Crippen LogP contribution in [-0.4, -0.2) is 30.0 Å². The van der Waals surface area contributed by atoms with E-state index in [9.17, 15) is 9.59 Å². The first-order valence-electron chi connectivity index (χ1n) is 9.31. The smallest absolute Gasteiger partial charge is 0.306 e. The summed E-state index contributed by atoms with van der Waals surface area (Å²) < 4.78 is 5.24. The molecule has 3 aromatic rings. The third-order valence-corrected chi connectivity index (χ3v) is 5.04. The average molecular weight is 362 g/mol. The second-order valence-corrected chi connectivity index (χ2v) is 6.80. The van der Waals surface area contributed by atoms with Crippen LogP contribution in [0.5, 0.6) is 0 Å². The van der Waals surface area contributed by atoms with Crippen molar-refractivity contribution in [3.63, 3.8) is 0 Å². The Hall–Kier alpha value is -3.08. The summed E-state index contributed by atoms with van der Waals surface area (Å²) in [5.74, 6) is -0.512. The molecule has 1 amide bonds. The lowest BCUT2D eigenvalue weighted by Gasteiger charge is -2.29. The van der Waals surface area contributed by atoms with Gasteiger partial charge in [-0.15, -0.1) is 0 Å². The van der Waals surface area contributed by atoms with Crippen LogP contribution in [0, 0.1) is 0 Å². The zero-order valence-corrected chi connectivity index (χ0v) is 15.1. The quantitative estimate of drug-likeness (QED) is 0.705. The van der Waals surface area contributed by atoms with Gasteiger partial charge in [-0.2, -0.15) is 0 Å². The molecule has 0 bridgehead atoms. The highest BCUT2D eigenvalue weighted by Crippen LogP contribution is 2.26. The zero-order valence-electron chi connectivity index (χ0n) is 15.1. The van der Waals surface area contributed by atoms with Gasteiger partial charge >= 0.3 is 5.97 Å². The normalized spacial score (nSPS) is 13.4. The van der Waals surface area contributed by atoms with Crippen LogP contribution in [-0.2, 0) is 27.2 Å². The van der Waals surface area contributed by atoms with Crippen LogP contribution in [0.2, 0.25) is 0 Å². The molecule has 27 heavy (non-hydrogen) atoms. The zero-order chi connectivity index (χ0) is 18.6. The first-order chi connectivity index (χ1) is 13.2. The fourth-order valence-electron chi connectivity index (χ4n) is 3.66. The van der Waals surface area contributed by atoms with Gasteiger partial charge in [-0.25, -0.2) is 0 Å². The monoisotopic (exact) mass is 362 g/mol. The number of aromatic nitrogens is 1. The Labute approximate surface area is 157 Å². The van der Waals surface area contributed by atoms with Gasteiger partial charge in [0.25, 0.3) is 5.91 Å². The van der Waals surface area contributed by atoms with Gasteiger partial charge < -0.3 is 14.6 Å². The molecule has 2 heterocycles. The molecule has 0 unspecified atom stereocenters. The van der Waals surface area contributed by atoms with Crippen molar-refractivity contribution in [2.45, 2.75) is 25.7 Å². The lowest BCUT2D eigenvalue weighted by molar-refractivity contribution is -0.147. The number of aryl methyl sites for hydroxylation is 2. The molecule has 5 heteroatoms. The number of amides is 1. The average Bonchev–Trinajstić information content (AvgIpc) is 3.13. The van der Waals surface area contributed by atoms with E-state index in [1.807, 2.05) is 54.7 Å². The molecule has 0 fully saturated rings. The van der Waals surface area contributed by atoms with Crippen LogP contribution in [0.15, 0.2) is 54.7 Å². The molecular formula is C22H22N2O3. The lowest BCUT2D eigenvalue weighted by Crippen LogP contribution is -2.38. The van der Waals surface area contributed by atoms with Crippen molar-refractivity contribution < 1.29 is 14.3 Å². The maximum absolute atomic E-state index is 12.5. The van der Waals surface area contributed by atoms with Gasteiger partial charge in [0.2, 0.25) is 0 Å². The number of H-pyrrole nitrogens is 1. The van der Waals surface area contributed by atoms with Crippen LogP contribution in [0.25, 0.3) is 10.9 Å². The Bertz CT molecular complexity index is 976. The summed E-state index contributed by atoms with van der Waals surface area (Å²) in [6.45, 7) is 0.462. The van der Waals surface area contributed by atoms with Crippen LogP contribution in [0.1, 0.15) is 24.0 Å². The number of carbonyl (C=O) groups is 2. The Morgan fingerprint density at radius 3 is 2.81 bits per heavy atom. The van der Waals surface area contributed by atoms with Gasteiger partial charge in [0.15, 0.2) is 6.61 Å². The summed E-state index contributed by atoms with van der Waals surface area (Å²) in [6.07, 6.45) is 4.67. The number of fused-ring (bicyclic) bond motifs is 2. The van der Waals surface area contributed by atoms with Crippen LogP contribution < -0.4 is 4.90 Å². The van der Waals surface area contributed by atoms with Gasteiger partial charge in [0.1, 0.15) is 0 Å². The fraction of sp³-hybridized carbons (Fsp3) is 0.273. The predicted octanol–water partition coefficient (Wildman–Crippen LogP) is 3.62. The van der Waals surface area contributed by atoms with E-state index < -0.39 is 0 Å². The van der Waals surface area contributed by atoms with Crippen molar-refractivity contribution in [2.24, 2.45) is 0 Å². The molecule has 0 atom stereocenters. The molecule has 0 aliphatic carbocycles. The number of carbonyl (C=O) groups excluding carboxylic acids is 2. The molecular weight excluding hydrogens is 340 g/mol. The van der Waals surface area contributed by atoms with Crippen molar-refractivity contribution in [3.05, 3.63) is 65.9 Å². The standard InChI is InChI=1S/C22H22N2O3/c25-21(24-13-5-7-16-6-1-4-10-20(16)24)15-27-22(26)12-11-17-14-23-19-9-3-2-8-18(17)19/h1-4,6,8-10,14,23H,5,7,11-13,15H2. The molecule has 4 rings (SSSR count). The fourth-order valence-corrected chi connectivity index (χ4v) is 3.66. The van der Waals surface area contributed by atoms with Crippen LogP contribution in [0.3, 0.4) is 0 Å². The second kappa shape index (κ2) is 7.66. The number of ether oxygens (including phenoxy) is 1. The Kier molecular flexibility index (Phi) is 4.92. The molecule has 5 nitrogen and oxygen atoms in total. The number of rotatable bonds is 5. The van der Waals surface area contributed by atoms with Gasteiger partial charge in [-0.05, 0) is 42.5 Å². The molecule has 1 N–H and O–H groups in total. The van der Waals surface area contributed by atoms with Crippen LogP contribution in [0.4, 0.5) is 5.69 Å². The van der Waals surface area contributed by atoms with Gasteiger partial charge in [-0.3, -0.25) is 9.59 Å². The molecule has 0 spiro atoms. The number of hydrogen-bond donors (Lipinski definition) is 1. The van der Waals surface area contributed by atoms with E-state index in [2.05, 4.69) is 4.98 Å². The molecule has 1 aliphatic heterocycles. The number of aromatic amines is 1. The summed E-state index contributed by atoms with van der Waals surface area (Å²) >= 11 is 0. The van der Waals surface area contributed by atoms with E-state index in [1.54, 1.807) is 4.90 Å². The summed E-state index contributed by atoms with van der Waals surface area (Å²) in [6, 6.07) is 15.9. The van der Waals surface area contributed by atoms with E-state index in [-0.39, 0.29) is 24.9 Å². The number of hydrogen-bond acceptors (Lipinski definition) is 3. The highest BCUT2D eigenvalue weighted by Gasteiger charge is 2.23. The Morgan fingerprint density at radius 1 is 1.07 bits per heavy atom. The molecule has 138 valence electrons. The van der Waals surface area contributed by atoms with Gasteiger partial charge in [0, 0.05) is 35.8 Å². The minimum atomic E-state index is -0.348. The van der Waals surface area contributed by atoms with Crippen molar-refractivity contribution in [2.75, 3.05) is 18.1 Å². The highest BCUT2D eigenvalue weighted by atomic mass is 16.5. The lowest BCUT2D eigenvalue weighted by atomic mass is 10.0. The SMILES string of the molecule is O=C(CCc1c[nH]c2ccccc12)OCC(=O)N1CCCc2ccccc21. The third-order valence-electron chi connectivity index (χ3n) is 5.04. The maximum Gasteiger partial charge on any atom is 0.306 e. The van der Waals surface area contributed by atoms with E-state index in [0.29, 0.717) is 13.0 Å². The second-order valence-electron chi connectivity index (χ2n) is 6.80. The molecule has 2 aromatic carbocycles. The van der Waals surface area contributed by atoms with Gasteiger partial charge in [0.05, 0.1) is 0 Å². The largest absolute Gasteiger partial charge is 0.456 e. The van der Waals surface area contributed by atoms with Crippen molar-refractivity contribution in [3.8, 4) is 0 Å². The third kappa shape index (κ3) is 3.72. The van der Waals surface area contributed by atoms with Crippen molar-refractivity contribution in [1.29, 1.82) is 0 Å². The molecule has 1 aromatic heterocycles. The summed E-state index contributed by atoms with van der Waals surface area (Å²) in [5.41, 5.74) is 4.24. The van der Waals surface area contributed by atoms with Crippen LogP contribution >= 0.6 is 0 Å². The van der Waals surface area contributed by atoms with E-state index in [1.165, 1.54) is 5.56 Å². The first-order valence-corrected chi connectivity index (χ1v) is 9.31. The number of para-hydroxylation sites is 2. The number of nitrogens with zero attached hydrogens (tertiary/aromatic N) is 1. The number of benzene rings is 2. The molecule has 1 aliphatic rings. The Balaban J connectivity index is 1.31. The number of esters is 1. The number of anilines is 1. The van der Waals surface area contributed by atoms with Gasteiger partial charge in [-0.1, -0.05) is 36.4 Å². The molecule has 0 saturated heterocycles. The topological polar surface area (TPSA) is 62.4 Å². The minimum Gasteiger partial charge on any atom is -0.456 e. The molecule has 0 radical (unpaired) electrons. The summed E-state index contributed by atoms with van der Waals surface area (Å²) in [5, 5.41) is 1.12.